The highest BCUT2D eigenvalue weighted by molar-refractivity contribution is 5.95. The molecule has 0 spiro atoms. The molecule has 1 aromatic carbocycles. The van der Waals surface area contributed by atoms with Crippen LogP contribution in [0.4, 0.5) is 0 Å². The van der Waals surface area contributed by atoms with E-state index in [0.717, 1.165) is 31.2 Å². The van der Waals surface area contributed by atoms with Gasteiger partial charge < -0.3 is 15.8 Å². The first-order chi connectivity index (χ1) is 9.22. The first kappa shape index (κ1) is 12.6. The Kier molecular flexibility index (Phi) is 3.29. The number of fused-ring (bicyclic) bond motifs is 1. The molecule has 0 unspecified atom stereocenters. The van der Waals surface area contributed by atoms with Gasteiger partial charge in [0.25, 0.3) is 5.91 Å². The summed E-state index contributed by atoms with van der Waals surface area (Å²) in [4.78, 5) is 12.4. The average Bonchev–Trinajstić information content (AvgIpc) is 3.06. The van der Waals surface area contributed by atoms with Gasteiger partial charge in [-0.05, 0) is 36.1 Å². The van der Waals surface area contributed by atoms with Crippen LogP contribution in [-0.4, -0.2) is 18.0 Å². The molecule has 0 bridgehead atoms. The number of ether oxygens (including phenoxy) is 1. The van der Waals surface area contributed by atoms with Gasteiger partial charge in [0.05, 0.1) is 18.8 Å². The van der Waals surface area contributed by atoms with E-state index < -0.39 is 0 Å². The summed E-state index contributed by atoms with van der Waals surface area (Å²) in [6.07, 6.45) is 4.28. The van der Waals surface area contributed by atoms with Gasteiger partial charge in [0.15, 0.2) is 0 Å². The second-order valence-electron chi connectivity index (χ2n) is 5.62. The predicted octanol–water partition coefficient (Wildman–Crippen LogP) is 1.72. The molecule has 1 aliphatic carbocycles. The third-order valence-corrected chi connectivity index (χ3v) is 4.31. The van der Waals surface area contributed by atoms with Crippen LogP contribution in [0.1, 0.15) is 47.2 Å². The molecule has 1 aliphatic heterocycles. The third-order valence-electron chi connectivity index (χ3n) is 4.31. The van der Waals surface area contributed by atoms with Crippen molar-refractivity contribution in [2.75, 3.05) is 6.54 Å². The molecule has 0 radical (unpaired) electrons. The summed E-state index contributed by atoms with van der Waals surface area (Å²) in [6, 6.07) is 5.81. The SMILES string of the molecule is NCC1(NC(=O)c2ccc3c(c2)COC3)CCCC1. The van der Waals surface area contributed by atoms with E-state index in [1.165, 1.54) is 5.56 Å². The maximum atomic E-state index is 12.4. The zero-order valence-corrected chi connectivity index (χ0v) is 11.1. The van der Waals surface area contributed by atoms with Gasteiger partial charge in [0, 0.05) is 12.1 Å². The predicted molar refractivity (Wildman–Crippen MR) is 72.7 cm³/mol. The summed E-state index contributed by atoms with van der Waals surface area (Å²) in [5.74, 6) is -0.0120. The fraction of sp³-hybridized carbons (Fsp3) is 0.533. The molecule has 0 atom stereocenters. The Hall–Kier alpha value is -1.39. The zero-order valence-electron chi connectivity index (χ0n) is 11.1. The lowest BCUT2D eigenvalue weighted by Crippen LogP contribution is -2.51. The minimum Gasteiger partial charge on any atom is -0.372 e. The van der Waals surface area contributed by atoms with Gasteiger partial charge >= 0.3 is 0 Å². The van der Waals surface area contributed by atoms with Crippen molar-refractivity contribution in [2.45, 2.75) is 44.4 Å². The van der Waals surface area contributed by atoms with Crippen LogP contribution in [0.25, 0.3) is 0 Å². The summed E-state index contributed by atoms with van der Waals surface area (Å²) < 4.78 is 5.37. The molecule has 1 amide bonds. The Balaban J connectivity index is 1.77. The van der Waals surface area contributed by atoms with Gasteiger partial charge in [-0.15, -0.1) is 0 Å². The van der Waals surface area contributed by atoms with E-state index in [1.807, 2.05) is 18.2 Å². The van der Waals surface area contributed by atoms with Crippen molar-refractivity contribution < 1.29 is 9.53 Å². The molecule has 3 rings (SSSR count). The van der Waals surface area contributed by atoms with Crippen molar-refractivity contribution in [2.24, 2.45) is 5.73 Å². The number of rotatable bonds is 3. The maximum Gasteiger partial charge on any atom is 0.251 e. The van der Waals surface area contributed by atoms with Crippen LogP contribution in [0.2, 0.25) is 0 Å². The van der Waals surface area contributed by atoms with Crippen molar-refractivity contribution in [3.05, 3.63) is 34.9 Å². The van der Waals surface area contributed by atoms with Crippen molar-refractivity contribution >= 4 is 5.91 Å². The Labute approximate surface area is 113 Å². The molecule has 0 saturated heterocycles. The quantitative estimate of drug-likeness (QED) is 0.869. The minimum absolute atomic E-state index is 0.0120. The number of amides is 1. The molecule has 3 N–H and O–H groups in total. The number of carbonyl (C=O) groups is 1. The van der Waals surface area contributed by atoms with Crippen LogP contribution in [0.3, 0.4) is 0 Å². The number of hydrogen-bond donors (Lipinski definition) is 2. The second-order valence-corrected chi connectivity index (χ2v) is 5.62. The lowest BCUT2D eigenvalue weighted by atomic mass is 9.96. The molecular formula is C15H20N2O2. The van der Waals surface area contributed by atoms with Gasteiger partial charge in [-0.1, -0.05) is 18.9 Å². The molecule has 1 saturated carbocycles. The van der Waals surface area contributed by atoms with Crippen LogP contribution < -0.4 is 11.1 Å². The number of benzene rings is 1. The van der Waals surface area contributed by atoms with Crippen LogP contribution in [0.15, 0.2) is 18.2 Å². The van der Waals surface area contributed by atoms with Gasteiger partial charge in [0.1, 0.15) is 0 Å². The Morgan fingerprint density at radius 1 is 1.26 bits per heavy atom. The van der Waals surface area contributed by atoms with Crippen LogP contribution in [0, 0.1) is 0 Å². The fourth-order valence-corrected chi connectivity index (χ4v) is 3.06. The summed E-state index contributed by atoms with van der Waals surface area (Å²) in [5.41, 5.74) is 8.69. The van der Waals surface area contributed by atoms with Crippen LogP contribution in [-0.2, 0) is 18.0 Å². The topological polar surface area (TPSA) is 64.3 Å². The lowest BCUT2D eigenvalue weighted by Gasteiger charge is -2.28. The van der Waals surface area contributed by atoms with Gasteiger partial charge in [-0.3, -0.25) is 4.79 Å². The van der Waals surface area contributed by atoms with Gasteiger partial charge in [-0.2, -0.15) is 0 Å². The molecule has 1 fully saturated rings. The van der Waals surface area contributed by atoms with E-state index >= 15 is 0 Å². The standard InChI is InChI=1S/C15H20N2O2/c16-10-15(5-1-2-6-15)17-14(18)11-3-4-12-8-19-9-13(12)7-11/h3-4,7H,1-2,5-6,8-10,16H2,(H,17,18). The maximum absolute atomic E-state index is 12.4. The van der Waals surface area contributed by atoms with Crippen LogP contribution >= 0.6 is 0 Å². The van der Waals surface area contributed by atoms with Crippen molar-refractivity contribution in [3.8, 4) is 0 Å². The van der Waals surface area contributed by atoms with E-state index in [-0.39, 0.29) is 11.4 Å². The van der Waals surface area contributed by atoms with E-state index in [0.29, 0.717) is 25.3 Å². The van der Waals surface area contributed by atoms with E-state index in [4.69, 9.17) is 10.5 Å². The van der Waals surface area contributed by atoms with Gasteiger partial charge in [-0.25, -0.2) is 0 Å². The summed E-state index contributed by atoms with van der Waals surface area (Å²) in [6.45, 7) is 1.79. The highest BCUT2D eigenvalue weighted by Crippen LogP contribution is 2.29. The van der Waals surface area contributed by atoms with Crippen molar-refractivity contribution in [3.63, 3.8) is 0 Å². The molecule has 4 nitrogen and oxygen atoms in total. The first-order valence-electron chi connectivity index (χ1n) is 6.95. The van der Waals surface area contributed by atoms with Crippen molar-refractivity contribution in [1.82, 2.24) is 5.32 Å². The van der Waals surface area contributed by atoms with Crippen LogP contribution in [0.5, 0.6) is 0 Å². The smallest absolute Gasteiger partial charge is 0.251 e. The zero-order chi connectivity index (χ0) is 13.3. The van der Waals surface area contributed by atoms with Crippen molar-refractivity contribution in [1.29, 1.82) is 0 Å². The summed E-state index contributed by atoms with van der Waals surface area (Å²) in [5, 5.41) is 3.14. The normalized spacial score (nSPS) is 20.3. The molecule has 1 aromatic rings. The minimum atomic E-state index is -0.188. The average molecular weight is 260 g/mol. The van der Waals surface area contributed by atoms with Gasteiger partial charge in [0.2, 0.25) is 0 Å². The van der Waals surface area contributed by atoms with E-state index in [2.05, 4.69) is 5.32 Å². The number of nitrogens with one attached hydrogen (secondary N) is 1. The molecule has 4 heteroatoms. The fourth-order valence-electron chi connectivity index (χ4n) is 3.06. The highest BCUT2D eigenvalue weighted by atomic mass is 16.5. The Morgan fingerprint density at radius 3 is 2.74 bits per heavy atom. The molecule has 1 heterocycles. The molecule has 102 valence electrons. The Bertz CT molecular complexity index is 493. The lowest BCUT2D eigenvalue weighted by molar-refractivity contribution is 0.0903. The monoisotopic (exact) mass is 260 g/mol. The first-order valence-corrected chi connectivity index (χ1v) is 6.95. The molecule has 19 heavy (non-hydrogen) atoms. The van der Waals surface area contributed by atoms with E-state index in [9.17, 15) is 4.79 Å². The number of hydrogen-bond acceptors (Lipinski definition) is 3. The third kappa shape index (κ3) is 2.38. The Morgan fingerprint density at radius 2 is 2.00 bits per heavy atom. The second kappa shape index (κ2) is 4.94. The molecule has 0 aromatic heterocycles. The molecular weight excluding hydrogens is 240 g/mol. The summed E-state index contributed by atoms with van der Waals surface area (Å²) in [7, 11) is 0. The summed E-state index contributed by atoms with van der Waals surface area (Å²) >= 11 is 0. The molecule has 2 aliphatic rings. The number of nitrogens with two attached hydrogens (primary N) is 1. The largest absolute Gasteiger partial charge is 0.372 e. The number of carbonyl (C=O) groups excluding carboxylic acids is 1. The highest BCUT2D eigenvalue weighted by Gasteiger charge is 2.34. The van der Waals surface area contributed by atoms with E-state index in [1.54, 1.807) is 0 Å².